The first kappa shape index (κ1) is 35.8. The number of hydrogen-bond acceptors (Lipinski definition) is 12. The van der Waals surface area contributed by atoms with E-state index in [0.29, 0.717) is 106 Å². The summed E-state index contributed by atoms with van der Waals surface area (Å²) in [5.41, 5.74) is 0. The van der Waals surface area contributed by atoms with Crippen LogP contribution in [-0.4, -0.2) is 120 Å². The van der Waals surface area contributed by atoms with Gasteiger partial charge >= 0.3 is 0 Å². The first-order valence-electron chi connectivity index (χ1n) is 12.9. The van der Waals surface area contributed by atoms with Crippen LogP contribution in [0.2, 0.25) is 0 Å². The highest BCUT2D eigenvalue weighted by atomic mass is 79.9. The van der Waals surface area contributed by atoms with Gasteiger partial charge in [0.15, 0.2) is 0 Å². The highest BCUT2D eigenvalue weighted by molar-refractivity contribution is 9.11. The van der Waals surface area contributed by atoms with Crippen LogP contribution in [0, 0.1) is 0 Å². The SMILES string of the molecule is COCCOCCOCCOCCOc1cc(Br)sc1-c1sc(Br)cc1OCCOCCOCCOCCOC. The van der Waals surface area contributed by atoms with E-state index in [4.69, 9.17) is 47.4 Å². The van der Waals surface area contributed by atoms with Crippen LogP contribution in [-0.2, 0) is 37.9 Å². The quantitative estimate of drug-likeness (QED) is 0.115. The van der Waals surface area contributed by atoms with Crippen molar-refractivity contribution >= 4 is 54.5 Å². The minimum absolute atomic E-state index is 0.425. The van der Waals surface area contributed by atoms with Crippen LogP contribution in [0.15, 0.2) is 19.7 Å². The van der Waals surface area contributed by atoms with E-state index in [1.54, 1.807) is 36.9 Å². The molecule has 0 unspecified atom stereocenters. The van der Waals surface area contributed by atoms with Crippen molar-refractivity contribution in [2.45, 2.75) is 0 Å². The van der Waals surface area contributed by atoms with Crippen molar-refractivity contribution in [3.05, 3.63) is 19.7 Å². The molecule has 0 aromatic carbocycles. The van der Waals surface area contributed by atoms with Crippen LogP contribution < -0.4 is 9.47 Å². The van der Waals surface area contributed by atoms with Crippen molar-refractivity contribution in [2.24, 2.45) is 0 Å². The van der Waals surface area contributed by atoms with Gasteiger partial charge in [0.05, 0.1) is 110 Å². The highest BCUT2D eigenvalue weighted by Gasteiger charge is 2.19. The Morgan fingerprint density at radius 3 is 1.02 bits per heavy atom. The lowest BCUT2D eigenvalue weighted by molar-refractivity contribution is 0.000139. The molecular weight excluding hydrogens is 696 g/mol. The van der Waals surface area contributed by atoms with Crippen LogP contribution >= 0.6 is 54.5 Å². The van der Waals surface area contributed by atoms with Gasteiger partial charge in [0.2, 0.25) is 0 Å². The summed E-state index contributed by atoms with van der Waals surface area (Å²) >= 11 is 10.4. The van der Waals surface area contributed by atoms with E-state index in [0.717, 1.165) is 28.8 Å². The van der Waals surface area contributed by atoms with E-state index < -0.39 is 0 Å². The maximum atomic E-state index is 6.04. The summed E-state index contributed by atoms with van der Waals surface area (Å²) in [6.07, 6.45) is 0. The molecule has 230 valence electrons. The highest BCUT2D eigenvalue weighted by Crippen LogP contribution is 2.49. The number of thiophene rings is 2. The van der Waals surface area contributed by atoms with Gasteiger partial charge in [0.25, 0.3) is 0 Å². The third-order valence-electron chi connectivity index (χ3n) is 4.86. The van der Waals surface area contributed by atoms with E-state index in [-0.39, 0.29) is 0 Å². The second kappa shape index (κ2) is 24.1. The zero-order valence-corrected chi connectivity index (χ0v) is 27.9. The molecule has 0 saturated heterocycles. The minimum atomic E-state index is 0.425. The molecular formula is C26H40Br2O10S2. The number of hydrogen-bond donors (Lipinski definition) is 0. The molecule has 0 aliphatic heterocycles. The average Bonchev–Trinajstić information content (AvgIpc) is 3.50. The maximum Gasteiger partial charge on any atom is 0.140 e. The van der Waals surface area contributed by atoms with Crippen molar-refractivity contribution in [3.63, 3.8) is 0 Å². The molecule has 0 aliphatic rings. The fourth-order valence-corrected chi connectivity index (χ4v) is 6.19. The molecule has 2 heterocycles. The fraction of sp³-hybridized carbons (Fsp3) is 0.692. The Labute approximate surface area is 261 Å². The topological polar surface area (TPSA) is 92.3 Å². The second-order valence-corrected chi connectivity index (χ2v) is 12.7. The van der Waals surface area contributed by atoms with Gasteiger partial charge in [0.1, 0.15) is 24.7 Å². The molecule has 0 fully saturated rings. The molecule has 0 aliphatic carbocycles. The molecule has 2 aromatic rings. The van der Waals surface area contributed by atoms with Gasteiger partial charge in [-0.2, -0.15) is 0 Å². The fourth-order valence-electron chi connectivity index (χ4n) is 3.01. The molecule has 40 heavy (non-hydrogen) atoms. The molecule has 2 aromatic heterocycles. The predicted octanol–water partition coefficient (Wildman–Crippen LogP) is 5.15. The van der Waals surface area contributed by atoms with Gasteiger partial charge in [-0.1, -0.05) is 0 Å². The average molecular weight is 737 g/mol. The van der Waals surface area contributed by atoms with E-state index in [1.165, 1.54) is 0 Å². The Balaban J connectivity index is 1.63. The summed E-state index contributed by atoms with van der Waals surface area (Å²) in [7, 11) is 3.30. The summed E-state index contributed by atoms with van der Waals surface area (Å²) < 4.78 is 56.8. The third kappa shape index (κ3) is 16.3. The molecule has 0 radical (unpaired) electrons. The van der Waals surface area contributed by atoms with Crippen LogP contribution in [0.1, 0.15) is 0 Å². The minimum Gasteiger partial charge on any atom is -0.490 e. The van der Waals surface area contributed by atoms with Crippen LogP contribution in [0.25, 0.3) is 9.75 Å². The lowest BCUT2D eigenvalue weighted by Crippen LogP contribution is -2.13. The Morgan fingerprint density at radius 2 is 0.725 bits per heavy atom. The maximum absolute atomic E-state index is 6.04. The smallest absolute Gasteiger partial charge is 0.140 e. The van der Waals surface area contributed by atoms with Crippen LogP contribution in [0.3, 0.4) is 0 Å². The summed E-state index contributed by atoms with van der Waals surface area (Å²) in [6, 6.07) is 3.94. The Bertz CT molecular complexity index is 814. The van der Waals surface area contributed by atoms with E-state index in [9.17, 15) is 0 Å². The van der Waals surface area contributed by atoms with Crippen molar-refractivity contribution in [1.82, 2.24) is 0 Å². The largest absolute Gasteiger partial charge is 0.490 e. The van der Waals surface area contributed by atoms with Crippen molar-refractivity contribution in [2.75, 3.05) is 120 Å². The second-order valence-electron chi connectivity index (χ2n) is 7.84. The number of methoxy groups -OCH3 is 2. The zero-order valence-electron chi connectivity index (χ0n) is 23.1. The monoisotopic (exact) mass is 734 g/mol. The summed E-state index contributed by atoms with van der Waals surface area (Å²) in [4.78, 5) is 1.99. The van der Waals surface area contributed by atoms with Gasteiger partial charge in [-0.05, 0) is 31.9 Å². The number of rotatable bonds is 27. The van der Waals surface area contributed by atoms with E-state index in [2.05, 4.69) is 31.9 Å². The third-order valence-corrected chi connectivity index (χ3v) is 8.27. The number of halogens is 2. The molecule has 0 atom stereocenters. The molecule has 0 saturated carbocycles. The van der Waals surface area contributed by atoms with Gasteiger partial charge < -0.3 is 47.4 Å². The molecule has 0 spiro atoms. The lowest BCUT2D eigenvalue weighted by Gasteiger charge is -2.10. The Hall–Kier alpha value is -0.360. The van der Waals surface area contributed by atoms with Crippen LogP contribution in [0.4, 0.5) is 0 Å². The van der Waals surface area contributed by atoms with Gasteiger partial charge in [-0.3, -0.25) is 0 Å². The first-order chi connectivity index (χ1) is 19.7. The Morgan fingerprint density at radius 1 is 0.450 bits per heavy atom. The summed E-state index contributed by atoms with van der Waals surface area (Å²) in [5.74, 6) is 1.56. The van der Waals surface area contributed by atoms with Crippen molar-refractivity contribution in [1.29, 1.82) is 0 Å². The number of ether oxygens (including phenoxy) is 10. The van der Waals surface area contributed by atoms with Gasteiger partial charge in [-0.15, -0.1) is 22.7 Å². The molecule has 10 nitrogen and oxygen atoms in total. The summed E-state index contributed by atoms with van der Waals surface area (Å²) in [5, 5.41) is 0. The van der Waals surface area contributed by atoms with Crippen molar-refractivity contribution < 1.29 is 47.4 Å². The molecule has 14 heteroatoms. The van der Waals surface area contributed by atoms with E-state index >= 15 is 0 Å². The standard InChI is InChI=1S/C26H40Br2O10S2/c1-29-3-5-31-7-9-33-11-13-35-15-17-37-21-19-23(27)39-25(21)26-22(20-24(28)40-26)38-18-16-36-14-12-34-10-8-32-6-4-30-2/h19-20H,3-18H2,1-2H3. The normalized spacial score (nSPS) is 11.4. The zero-order chi connectivity index (χ0) is 28.7. The predicted molar refractivity (Wildman–Crippen MR) is 163 cm³/mol. The molecule has 0 amide bonds. The molecule has 0 N–H and O–H groups in total. The molecule has 0 bridgehead atoms. The summed E-state index contributed by atoms with van der Waals surface area (Å²) in [6.45, 7) is 8.24. The van der Waals surface area contributed by atoms with E-state index in [1.807, 2.05) is 12.1 Å². The Kier molecular flexibility index (Phi) is 21.6. The van der Waals surface area contributed by atoms with Gasteiger partial charge in [-0.25, -0.2) is 0 Å². The van der Waals surface area contributed by atoms with Crippen molar-refractivity contribution in [3.8, 4) is 21.3 Å². The molecule has 2 rings (SSSR count). The van der Waals surface area contributed by atoms with Gasteiger partial charge in [0, 0.05) is 26.4 Å². The first-order valence-corrected chi connectivity index (χ1v) is 16.2. The lowest BCUT2D eigenvalue weighted by atomic mass is 10.3. The van der Waals surface area contributed by atoms with Crippen LogP contribution in [0.5, 0.6) is 11.5 Å².